The third kappa shape index (κ3) is 4.40. The molecule has 0 aliphatic heterocycles. The van der Waals surface area contributed by atoms with Gasteiger partial charge in [0.05, 0.1) is 12.2 Å². The molecule has 0 fully saturated rings. The van der Waals surface area contributed by atoms with Crippen LogP contribution < -0.4 is 10.6 Å². The maximum atomic E-state index is 6.00. The minimum Gasteiger partial charge on any atom is -0.364 e. The van der Waals surface area contributed by atoms with Crippen molar-refractivity contribution in [1.29, 1.82) is 0 Å². The van der Waals surface area contributed by atoms with E-state index in [1.54, 1.807) is 6.20 Å². The van der Waals surface area contributed by atoms with Crippen LogP contribution in [-0.4, -0.2) is 15.0 Å². The summed E-state index contributed by atoms with van der Waals surface area (Å²) in [4.78, 5) is 13.1. The number of nitrogens with one attached hydrogen (secondary N) is 2. The number of rotatable bonds is 5. The van der Waals surface area contributed by atoms with Crippen LogP contribution >= 0.6 is 11.6 Å². The third-order valence-corrected chi connectivity index (χ3v) is 3.35. The van der Waals surface area contributed by atoms with E-state index in [9.17, 15) is 0 Å². The first-order valence-corrected chi connectivity index (χ1v) is 7.59. The number of halogens is 1. The van der Waals surface area contributed by atoms with Gasteiger partial charge in [0.1, 0.15) is 17.5 Å². The molecule has 23 heavy (non-hydrogen) atoms. The second-order valence-electron chi connectivity index (χ2n) is 5.00. The highest BCUT2D eigenvalue weighted by Gasteiger charge is 2.03. The van der Waals surface area contributed by atoms with Gasteiger partial charge < -0.3 is 10.6 Å². The van der Waals surface area contributed by atoms with Crippen molar-refractivity contribution < 1.29 is 0 Å². The minimum absolute atomic E-state index is 0.605. The normalized spacial score (nSPS) is 10.3. The van der Waals surface area contributed by atoms with Gasteiger partial charge in [0.2, 0.25) is 0 Å². The van der Waals surface area contributed by atoms with Crippen LogP contribution in [0.4, 0.5) is 17.3 Å². The lowest BCUT2D eigenvalue weighted by atomic mass is 10.3. The minimum atomic E-state index is 0.605. The zero-order valence-electron chi connectivity index (χ0n) is 12.6. The molecule has 0 radical (unpaired) electrons. The Morgan fingerprint density at radius 1 is 1.00 bits per heavy atom. The molecule has 0 spiro atoms. The highest BCUT2D eigenvalue weighted by molar-refractivity contribution is 6.30. The standard InChI is InChI=1S/C17H16ClN5/c1-12-21-16(20-11-15-6-2-3-8-19-15)10-17(22-12)23-14-7-4-5-13(18)9-14/h2-10H,11H2,1H3,(H2,20,21,22,23). The van der Waals surface area contributed by atoms with E-state index in [1.165, 1.54) is 0 Å². The van der Waals surface area contributed by atoms with Crippen molar-refractivity contribution >= 4 is 28.9 Å². The summed E-state index contributed by atoms with van der Waals surface area (Å²) < 4.78 is 0. The van der Waals surface area contributed by atoms with Gasteiger partial charge in [-0.25, -0.2) is 9.97 Å². The van der Waals surface area contributed by atoms with Crippen molar-refractivity contribution in [2.45, 2.75) is 13.5 Å². The second kappa shape index (κ2) is 7.07. The van der Waals surface area contributed by atoms with Gasteiger partial charge in [0, 0.05) is 23.0 Å². The summed E-state index contributed by atoms with van der Waals surface area (Å²) in [5.74, 6) is 2.14. The molecule has 2 N–H and O–H groups in total. The van der Waals surface area contributed by atoms with Crippen molar-refractivity contribution in [2.24, 2.45) is 0 Å². The summed E-state index contributed by atoms with van der Waals surface area (Å²) in [7, 11) is 0. The lowest BCUT2D eigenvalue weighted by molar-refractivity contribution is 0.996. The van der Waals surface area contributed by atoms with Crippen LogP contribution in [0.2, 0.25) is 5.02 Å². The molecule has 0 aliphatic carbocycles. The molecule has 2 heterocycles. The fraction of sp³-hybridized carbons (Fsp3) is 0.118. The molecule has 0 unspecified atom stereocenters. The Labute approximate surface area is 139 Å². The fourth-order valence-electron chi connectivity index (χ4n) is 2.12. The topological polar surface area (TPSA) is 62.7 Å². The van der Waals surface area contributed by atoms with E-state index in [2.05, 4.69) is 25.6 Å². The van der Waals surface area contributed by atoms with Crippen LogP contribution in [0.25, 0.3) is 0 Å². The average Bonchev–Trinajstić information content (AvgIpc) is 2.53. The Kier molecular flexibility index (Phi) is 4.68. The molecule has 0 saturated carbocycles. The van der Waals surface area contributed by atoms with Crippen molar-refractivity contribution in [3.8, 4) is 0 Å². The van der Waals surface area contributed by atoms with Crippen LogP contribution in [0, 0.1) is 6.92 Å². The van der Waals surface area contributed by atoms with E-state index in [-0.39, 0.29) is 0 Å². The van der Waals surface area contributed by atoms with Gasteiger partial charge in [-0.15, -0.1) is 0 Å². The van der Waals surface area contributed by atoms with Crippen molar-refractivity contribution in [2.75, 3.05) is 10.6 Å². The van der Waals surface area contributed by atoms with E-state index in [0.717, 1.165) is 17.2 Å². The second-order valence-corrected chi connectivity index (χ2v) is 5.43. The van der Waals surface area contributed by atoms with Gasteiger partial charge >= 0.3 is 0 Å². The van der Waals surface area contributed by atoms with E-state index in [1.807, 2.05) is 55.5 Å². The first-order valence-electron chi connectivity index (χ1n) is 7.21. The summed E-state index contributed by atoms with van der Waals surface area (Å²) in [5.41, 5.74) is 1.83. The highest BCUT2D eigenvalue weighted by Crippen LogP contribution is 2.20. The fourth-order valence-corrected chi connectivity index (χ4v) is 2.31. The Balaban J connectivity index is 1.73. The van der Waals surface area contributed by atoms with Crippen LogP contribution in [0.15, 0.2) is 54.7 Å². The van der Waals surface area contributed by atoms with Gasteiger partial charge in [0.15, 0.2) is 0 Å². The molecule has 0 atom stereocenters. The number of nitrogens with zero attached hydrogens (tertiary/aromatic N) is 3. The van der Waals surface area contributed by atoms with E-state index >= 15 is 0 Å². The summed E-state index contributed by atoms with van der Waals surface area (Å²) in [6.07, 6.45) is 1.77. The summed E-state index contributed by atoms with van der Waals surface area (Å²) in [5, 5.41) is 7.17. The molecule has 0 bridgehead atoms. The number of hydrogen-bond donors (Lipinski definition) is 2. The van der Waals surface area contributed by atoms with Gasteiger partial charge in [-0.05, 0) is 37.3 Å². The molecule has 2 aromatic heterocycles. The van der Waals surface area contributed by atoms with Crippen molar-refractivity contribution in [3.05, 3.63) is 71.3 Å². The largest absolute Gasteiger partial charge is 0.364 e. The quantitative estimate of drug-likeness (QED) is 0.736. The van der Waals surface area contributed by atoms with Gasteiger partial charge in [0.25, 0.3) is 0 Å². The number of aryl methyl sites for hydroxylation is 1. The number of aromatic nitrogens is 3. The molecular formula is C17H16ClN5. The Morgan fingerprint density at radius 2 is 1.87 bits per heavy atom. The molecule has 0 amide bonds. The Bertz CT molecular complexity index is 792. The van der Waals surface area contributed by atoms with Crippen LogP contribution in [0.1, 0.15) is 11.5 Å². The molecule has 3 rings (SSSR count). The zero-order chi connectivity index (χ0) is 16.1. The maximum Gasteiger partial charge on any atom is 0.136 e. The lowest BCUT2D eigenvalue weighted by Gasteiger charge is -2.10. The molecule has 5 nitrogen and oxygen atoms in total. The zero-order valence-corrected chi connectivity index (χ0v) is 13.4. The first kappa shape index (κ1) is 15.2. The SMILES string of the molecule is Cc1nc(NCc2ccccn2)cc(Nc2cccc(Cl)c2)n1. The monoisotopic (exact) mass is 325 g/mol. The van der Waals surface area contributed by atoms with Gasteiger partial charge in [-0.2, -0.15) is 0 Å². The maximum absolute atomic E-state index is 6.00. The van der Waals surface area contributed by atoms with E-state index in [0.29, 0.717) is 23.2 Å². The lowest BCUT2D eigenvalue weighted by Crippen LogP contribution is -2.06. The molecule has 6 heteroatoms. The van der Waals surface area contributed by atoms with Gasteiger partial charge in [-0.1, -0.05) is 23.7 Å². The molecule has 0 aliphatic rings. The molecular weight excluding hydrogens is 310 g/mol. The number of pyridine rings is 1. The predicted octanol–water partition coefficient (Wildman–Crippen LogP) is 4.19. The number of anilines is 3. The van der Waals surface area contributed by atoms with Crippen molar-refractivity contribution in [1.82, 2.24) is 15.0 Å². The Hall–Kier alpha value is -2.66. The summed E-state index contributed by atoms with van der Waals surface area (Å²) in [6.45, 7) is 2.46. The summed E-state index contributed by atoms with van der Waals surface area (Å²) >= 11 is 6.00. The Morgan fingerprint density at radius 3 is 2.65 bits per heavy atom. The van der Waals surface area contributed by atoms with Gasteiger partial charge in [-0.3, -0.25) is 4.98 Å². The number of hydrogen-bond acceptors (Lipinski definition) is 5. The van der Waals surface area contributed by atoms with Crippen molar-refractivity contribution in [3.63, 3.8) is 0 Å². The predicted molar refractivity (Wildman–Crippen MR) is 93.1 cm³/mol. The molecule has 0 saturated heterocycles. The smallest absolute Gasteiger partial charge is 0.136 e. The average molecular weight is 326 g/mol. The van der Waals surface area contributed by atoms with E-state index < -0.39 is 0 Å². The third-order valence-electron chi connectivity index (χ3n) is 3.11. The van der Waals surface area contributed by atoms with Crippen LogP contribution in [0.5, 0.6) is 0 Å². The van der Waals surface area contributed by atoms with Crippen LogP contribution in [-0.2, 0) is 6.54 Å². The molecule has 116 valence electrons. The van der Waals surface area contributed by atoms with E-state index in [4.69, 9.17) is 11.6 Å². The number of benzene rings is 1. The first-order chi connectivity index (χ1) is 11.2. The molecule has 3 aromatic rings. The highest BCUT2D eigenvalue weighted by atomic mass is 35.5. The molecule has 1 aromatic carbocycles. The summed E-state index contributed by atoms with van der Waals surface area (Å²) in [6, 6.07) is 15.2. The van der Waals surface area contributed by atoms with Crippen LogP contribution in [0.3, 0.4) is 0 Å².